The molecule has 7 nitrogen and oxygen atoms in total. The van der Waals surface area contributed by atoms with Crippen LogP contribution in [0.2, 0.25) is 0 Å². The number of ether oxygens (including phenoxy) is 1. The Kier molecular flexibility index (Phi) is 9.69. The number of aromatic nitrogens is 1. The van der Waals surface area contributed by atoms with Crippen molar-refractivity contribution >= 4 is 35.8 Å². The molecule has 1 fully saturated rings. The van der Waals surface area contributed by atoms with Crippen LogP contribution in [0.3, 0.4) is 0 Å². The Labute approximate surface area is 188 Å². The van der Waals surface area contributed by atoms with E-state index in [1.807, 2.05) is 49.4 Å². The van der Waals surface area contributed by atoms with Gasteiger partial charge in [-0.15, -0.1) is 24.0 Å². The van der Waals surface area contributed by atoms with Crippen molar-refractivity contribution in [3.05, 3.63) is 59.9 Å². The van der Waals surface area contributed by atoms with Gasteiger partial charge in [0.25, 0.3) is 5.91 Å². The van der Waals surface area contributed by atoms with Crippen LogP contribution in [0.25, 0.3) is 0 Å². The molecular formula is C21H28IN5O2. The fourth-order valence-electron chi connectivity index (χ4n) is 2.57. The average Bonchev–Trinajstić information content (AvgIpc) is 3.53. The molecule has 0 atom stereocenters. The standard InChI is InChI=1S/C21H27N5O2.HI/c1-2-22-21(25-14-18-7-3-4-11-23-18)24-13-16-6-5-8-19(12-16)28-15-20(27)26-17-9-10-17;/h3-8,11-12,17H,2,9-10,13-15H2,1H3,(H,26,27)(H2,22,24,25);1H. The lowest BCUT2D eigenvalue weighted by molar-refractivity contribution is -0.123. The van der Waals surface area contributed by atoms with Gasteiger partial charge in [0.1, 0.15) is 5.75 Å². The third-order valence-corrected chi connectivity index (χ3v) is 4.14. The number of amides is 1. The van der Waals surface area contributed by atoms with Crippen molar-refractivity contribution in [2.24, 2.45) is 4.99 Å². The van der Waals surface area contributed by atoms with E-state index < -0.39 is 0 Å². The Balaban J connectivity index is 0.00000300. The largest absolute Gasteiger partial charge is 0.484 e. The molecule has 0 unspecified atom stereocenters. The average molecular weight is 509 g/mol. The molecule has 0 radical (unpaired) electrons. The summed E-state index contributed by atoms with van der Waals surface area (Å²) in [5, 5.41) is 9.42. The van der Waals surface area contributed by atoms with E-state index in [1.165, 1.54) is 0 Å². The SMILES string of the molecule is CCNC(=NCc1cccc(OCC(=O)NC2CC2)c1)NCc1ccccn1.I. The molecule has 1 saturated carbocycles. The Bertz CT molecular complexity index is 797. The molecule has 8 heteroatoms. The summed E-state index contributed by atoms with van der Waals surface area (Å²) in [5.74, 6) is 1.33. The number of guanidine groups is 1. The first-order chi connectivity index (χ1) is 13.7. The molecule has 1 aromatic heterocycles. The van der Waals surface area contributed by atoms with Crippen LogP contribution in [0.5, 0.6) is 5.75 Å². The number of carbonyl (C=O) groups is 1. The van der Waals surface area contributed by atoms with E-state index in [0.29, 0.717) is 24.9 Å². The number of rotatable bonds is 9. The van der Waals surface area contributed by atoms with Crippen molar-refractivity contribution in [1.29, 1.82) is 0 Å². The first kappa shape index (κ1) is 22.9. The number of carbonyl (C=O) groups excluding carboxylic acids is 1. The van der Waals surface area contributed by atoms with E-state index in [9.17, 15) is 4.79 Å². The molecule has 156 valence electrons. The predicted octanol–water partition coefficient (Wildman–Crippen LogP) is 2.61. The van der Waals surface area contributed by atoms with Crippen molar-refractivity contribution in [2.45, 2.75) is 38.9 Å². The fraction of sp³-hybridized carbons (Fsp3) is 0.381. The van der Waals surface area contributed by atoms with Gasteiger partial charge in [-0.25, -0.2) is 4.99 Å². The molecule has 1 aromatic carbocycles. The molecule has 1 amide bonds. The zero-order valence-corrected chi connectivity index (χ0v) is 18.9. The van der Waals surface area contributed by atoms with E-state index in [0.717, 1.165) is 36.6 Å². The van der Waals surface area contributed by atoms with Gasteiger partial charge in [-0.3, -0.25) is 9.78 Å². The summed E-state index contributed by atoms with van der Waals surface area (Å²) in [5.41, 5.74) is 1.96. The molecule has 2 aromatic rings. The maximum atomic E-state index is 11.7. The Morgan fingerprint density at radius 3 is 2.79 bits per heavy atom. The Morgan fingerprint density at radius 2 is 2.07 bits per heavy atom. The molecule has 0 spiro atoms. The summed E-state index contributed by atoms with van der Waals surface area (Å²) in [4.78, 5) is 20.7. The second-order valence-electron chi connectivity index (χ2n) is 6.65. The van der Waals surface area contributed by atoms with Gasteiger partial charge in [-0.2, -0.15) is 0 Å². The number of halogens is 1. The molecule has 29 heavy (non-hydrogen) atoms. The minimum Gasteiger partial charge on any atom is -0.484 e. The van der Waals surface area contributed by atoms with E-state index >= 15 is 0 Å². The van der Waals surface area contributed by atoms with Gasteiger partial charge in [0.05, 0.1) is 18.8 Å². The normalized spacial score (nSPS) is 13.2. The molecule has 3 rings (SSSR count). The van der Waals surface area contributed by atoms with Crippen molar-refractivity contribution < 1.29 is 9.53 Å². The zero-order valence-electron chi connectivity index (χ0n) is 16.6. The molecule has 1 aliphatic carbocycles. The van der Waals surface area contributed by atoms with Gasteiger partial charge >= 0.3 is 0 Å². The Hall–Kier alpha value is -2.36. The minimum atomic E-state index is -0.0703. The van der Waals surface area contributed by atoms with Crippen LogP contribution in [0, 0.1) is 0 Å². The summed E-state index contributed by atoms with van der Waals surface area (Å²) in [6.07, 6.45) is 3.92. The van der Waals surface area contributed by atoms with Gasteiger partial charge in [-0.1, -0.05) is 18.2 Å². The minimum absolute atomic E-state index is 0. The maximum absolute atomic E-state index is 11.7. The predicted molar refractivity (Wildman–Crippen MR) is 124 cm³/mol. The van der Waals surface area contributed by atoms with Crippen molar-refractivity contribution in [3.8, 4) is 5.75 Å². The van der Waals surface area contributed by atoms with Gasteiger partial charge < -0.3 is 20.7 Å². The van der Waals surface area contributed by atoms with Gasteiger partial charge in [0.15, 0.2) is 12.6 Å². The highest BCUT2D eigenvalue weighted by molar-refractivity contribution is 14.0. The number of aliphatic imine (C=N–C) groups is 1. The summed E-state index contributed by atoms with van der Waals surface area (Å²) >= 11 is 0. The number of nitrogens with zero attached hydrogens (tertiary/aromatic N) is 2. The lowest BCUT2D eigenvalue weighted by Gasteiger charge is -2.11. The van der Waals surface area contributed by atoms with Gasteiger partial charge in [0.2, 0.25) is 0 Å². The van der Waals surface area contributed by atoms with E-state index in [4.69, 9.17) is 4.74 Å². The molecule has 1 heterocycles. The quantitative estimate of drug-likeness (QED) is 0.275. The topological polar surface area (TPSA) is 87.6 Å². The van der Waals surface area contributed by atoms with Crippen LogP contribution in [-0.4, -0.2) is 36.0 Å². The van der Waals surface area contributed by atoms with Gasteiger partial charge in [-0.05, 0) is 49.6 Å². The van der Waals surface area contributed by atoms with Crippen molar-refractivity contribution in [3.63, 3.8) is 0 Å². The highest BCUT2D eigenvalue weighted by Crippen LogP contribution is 2.18. The maximum Gasteiger partial charge on any atom is 0.258 e. The fourth-order valence-corrected chi connectivity index (χ4v) is 2.57. The first-order valence-electron chi connectivity index (χ1n) is 9.66. The van der Waals surface area contributed by atoms with Crippen LogP contribution in [0.4, 0.5) is 0 Å². The van der Waals surface area contributed by atoms with Crippen LogP contribution in [0.1, 0.15) is 31.0 Å². The summed E-state index contributed by atoms with van der Waals surface area (Å²) in [7, 11) is 0. The van der Waals surface area contributed by atoms with E-state index in [2.05, 4.69) is 25.9 Å². The summed E-state index contributed by atoms with van der Waals surface area (Å²) < 4.78 is 5.60. The Morgan fingerprint density at radius 1 is 1.21 bits per heavy atom. The molecule has 0 bridgehead atoms. The number of hydrogen-bond acceptors (Lipinski definition) is 4. The molecule has 3 N–H and O–H groups in total. The van der Waals surface area contributed by atoms with E-state index in [1.54, 1.807) is 6.20 Å². The number of benzene rings is 1. The lowest BCUT2D eigenvalue weighted by atomic mass is 10.2. The van der Waals surface area contributed by atoms with E-state index in [-0.39, 0.29) is 36.5 Å². The third-order valence-electron chi connectivity index (χ3n) is 4.14. The monoisotopic (exact) mass is 509 g/mol. The third kappa shape index (κ3) is 8.68. The molecular weight excluding hydrogens is 481 g/mol. The number of hydrogen-bond donors (Lipinski definition) is 3. The number of pyridine rings is 1. The van der Waals surface area contributed by atoms with Gasteiger partial charge in [0, 0.05) is 18.8 Å². The zero-order chi connectivity index (χ0) is 19.6. The lowest BCUT2D eigenvalue weighted by Crippen LogP contribution is -2.37. The molecule has 1 aliphatic rings. The summed E-state index contributed by atoms with van der Waals surface area (Å²) in [6, 6.07) is 13.8. The molecule has 0 aliphatic heterocycles. The van der Waals surface area contributed by atoms with Crippen LogP contribution < -0.4 is 20.7 Å². The van der Waals surface area contributed by atoms with Crippen molar-refractivity contribution in [1.82, 2.24) is 20.9 Å². The number of nitrogens with one attached hydrogen (secondary N) is 3. The first-order valence-corrected chi connectivity index (χ1v) is 9.66. The second kappa shape index (κ2) is 12.3. The van der Waals surface area contributed by atoms with Crippen LogP contribution >= 0.6 is 24.0 Å². The van der Waals surface area contributed by atoms with Crippen LogP contribution in [0.15, 0.2) is 53.7 Å². The molecule has 0 saturated heterocycles. The second-order valence-corrected chi connectivity index (χ2v) is 6.65. The summed E-state index contributed by atoms with van der Waals surface area (Å²) in [6.45, 7) is 3.94. The van der Waals surface area contributed by atoms with Crippen molar-refractivity contribution in [2.75, 3.05) is 13.2 Å². The highest BCUT2D eigenvalue weighted by atomic mass is 127. The van der Waals surface area contributed by atoms with Crippen LogP contribution in [-0.2, 0) is 17.9 Å². The smallest absolute Gasteiger partial charge is 0.258 e. The highest BCUT2D eigenvalue weighted by Gasteiger charge is 2.23.